The monoisotopic (exact) mass is 301 g/mol. The summed E-state index contributed by atoms with van der Waals surface area (Å²) in [5.74, 6) is 0. The Morgan fingerprint density at radius 3 is 2.48 bits per heavy atom. The van der Waals surface area contributed by atoms with Crippen LogP contribution in [-0.4, -0.2) is 15.0 Å². The molecular weight excluding hydrogens is 286 g/mol. The van der Waals surface area contributed by atoms with Gasteiger partial charge in [0.2, 0.25) is 10.0 Å². The van der Waals surface area contributed by atoms with Crippen LogP contribution in [0.5, 0.6) is 0 Å². The van der Waals surface area contributed by atoms with E-state index in [4.69, 9.17) is 10.4 Å². The first-order valence-corrected chi connectivity index (χ1v) is 7.89. The van der Waals surface area contributed by atoms with Crippen molar-refractivity contribution in [1.82, 2.24) is 0 Å². The molecule has 0 aliphatic heterocycles. The van der Waals surface area contributed by atoms with Crippen LogP contribution in [0.4, 0.5) is 5.69 Å². The van der Waals surface area contributed by atoms with E-state index in [1.165, 1.54) is 12.1 Å². The van der Waals surface area contributed by atoms with E-state index < -0.39 is 10.0 Å². The van der Waals surface area contributed by atoms with E-state index in [-0.39, 0.29) is 4.90 Å². The van der Waals surface area contributed by atoms with Gasteiger partial charge in [-0.15, -0.1) is 0 Å². The number of nitrogens with zero attached hydrogens (tertiary/aromatic N) is 1. The van der Waals surface area contributed by atoms with Gasteiger partial charge in [0, 0.05) is 12.2 Å². The SMILES string of the molecule is N#Cc1cccc(NCCc2ccc(S(N)(=O)=O)cc2)c1. The van der Waals surface area contributed by atoms with Crippen molar-refractivity contribution in [3.63, 3.8) is 0 Å². The van der Waals surface area contributed by atoms with E-state index in [9.17, 15) is 8.42 Å². The van der Waals surface area contributed by atoms with Crippen molar-refractivity contribution >= 4 is 15.7 Å². The molecule has 6 heteroatoms. The van der Waals surface area contributed by atoms with Crippen LogP contribution < -0.4 is 10.5 Å². The second-order valence-corrected chi connectivity index (χ2v) is 6.12. The highest BCUT2D eigenvalue weighted by Gasteiger charge is 2.06. The lowest BCUT2D eigenvalue weighted by atomic mass is 10.1. The van der Waals surface area contributed by atoms with Crippen molar-refractivity contribution in [2.75, 3.05) is 11.9 Å². The van der Waals surface area contributed by atoms with Crippen molar-refractivity contribution < 1.29 is 8.42 Å². The average molecular weight is 301 g/mol. The van der Waals surface area contributed by atoms with Gasteiger partial charge in [0.1, 0.15) is 0 Å². The fourth-order valence-electron chi connectivity index (χ4n) is 1.90. The van der Waals surface area contributed by atoms with Gasteiger partial charge >= 0.3 is 0 Å². The third-order valence-corrected chi connectivity index (χ3v) is 3.92. The molecule has 0 saturated carbocycles. The summed E-state index contributed by atoms with van der Waals surface area (Å²) >= 11 is 0. The molecular formula is C15H15N3O2S. The van der Waals surface area contributed by atoms with E-state index in [0.29, 0.717) is 12.1 Å². The van der Waals surface area contributed by atoms with Gasteiger partial charge in [0.15, 0.2) is 0 Å². The predicted molar refractivity (Wildman–Crippen MR) is 81.2 cm³/mol. The highest BCUT2D eigenvalue weighted by molar-refractivity contribution is 7.89. The molecule has 0 amide bonds. The zero-order chi connectivity index (χ0) is 15.3. The Morgan fingerprint density at radius 1 is 1.14 bits per heavy atom. The molecule has 2 aromatic rings. The zero-order valence-electron chi connectivity index (χ0n) is 11.3. The first-order chi connectivity index (χ1) is 9.99. The normalized spacial score (nSPS) is 10.9. The highest BCUT2D eigenvalue weighted by atomic mass is 32.2. The fourth-order valence-corrected chi connectivity index (χ4v) is 2.41. The summed E-state index contributed by atoms with van der Waals surface area (Å²) in [6.07, 6.45) is 0.738. The van der Waals surface area contributed by atoms with Crippen LogP contribution in [0.15, 0.2) is 53.4 Å². The molecule has 21 heavy (non-hydrogen) atoms. The smallest absolute Gasteiger partial charge is 0.238 e. The molecule has 2 rings (SSSR count). The van der Waals surface area contributed by atoms with Crippen LogP contribution in [0.2, 0.25) is 0 Å². The van der Waals surface area contributed by atoms with Crippen LogP contribution in [0, 0.1) is 11.3 Å². The number of nitriles is 1. The summed E-state index contributed by atoms with van der Waals surface area (Å²) in [6, 6.07) is 15.8. The topological polar surface area (TPSA) is 96.0 Å². The average Bonchev–Trinajstić information content (AvgIpc) is 2.47. The first-order valence-electron chi connectivity index (χ1n) is 6.35. The number of sulfonamides is 1. The number of benzene rings is 2. The van der Waals surface area contributed by atoms with Gasteiger partial charge in [-0.1, -0.05) is 18.2 Å². The van der Waals surface area contributed by atoms with Gasteiger partial charge in [0.05, 0.1) is 16.5 Å². The molecule has 0 heterocycles. The molecule has 0 atom stereocenters. The molecule has 0 radical (unpaired) electrons. The van der Waals surface area contributed by atoms with Crippen molar-refractivity contribution in [3.8, 4) is 6.07 Å². The quantitative estimate of drug-likeness (QED) is 0.881. The molecule has 0 saturated heterocycles. The minimum Gasteiger partial charge on any atom is -0.385 e. The number of rotatable bonds is 5. The van der Waals surface area contributed by atoms with Crippen molar-refractivity contribution in [2.24, 2.45) is 5.14 Å². The number of hydrogen-bond acceptors (Lipinski definition) is 4. The molecule has 3 N–H and O–H groups in total. The minimum atomic E-state index is -3.64. The van der Waals surface area contributed by atoms with Gasteiger partial charge in [0.25, 0.3) is 0 Å². The highest BCUT2D eigenvalue weighted by Crippen LogP contribution is 2.11. The minimum absolute atomic E-state index is 0.112. The van der Waals surface area contributed by atoms with Crippen LogP contribution in [0.25, 0.3) is 0 Å². The summed E-state index contributed by atoms with van der Waals surface area (Å²) in [6.45, 7) is 0.684. The van der Waals surface area contributed by atoms with Gasteiger partial charge in [-0.05, 0) is 42.3 Å². The second-order valence-electron chi connectivity index (χ2n) is 4.56. The van der Waals surface area contributed by atoms with Crippen LogP contribution in [0.1, 0.15) is 11.1 Å². The molecule has 0 fully saturated rings. The van der Waals surface area contributed by atoms with E-state index >= 15 is 0 Å². The number of anilines is 1. The molecule has 0 unspecified atom stereocenters. The van der Waals surface area contributed by atoms with Crippen molar-refractivity contribution in [3.05, 3.63) is 59.7 Å². The summed E-state index contributed by atoms with van der Waals surface area (Å²) in [5.41, 5.74) is 2.50. The molecule has 5 nitrogen and oxygen atoms in total. The number of nitrogens with one attached hydrogen (secondary N) is 1. The summed E-state index contributed by atoms with van der Waals surface area (Å²) in [4.78, 5) is 0.112. The lowest BCUT2D eigenvalue weighted by Crippen LogP contribution is -2.12. The van der Waals surface area contributed by atoms with E-state index in [2.05, 4.69) is 11.4 Å². The van der Waals surface area contributed by atoms with E-state index in [0.717, 1.165) is 17.7 Å². The second kappa shape index (κ2) is 6.39. The Labute approximate surface area is 124 Å². The molecule has 108 valence electrons. The van der Waals surface area contributed by atoms with Gasteiger partial charge in [-0.25, -0.2) is 13.6 Å². The maximum Gasteiger partial charge on any atom is 0.238 e. The first kappa shape index (κ1) is 15.0. The van der Waals surface area contributed by atoms with Crippen LogP contribution in [-0.2, 0) is 16.4 Å². The molecule has 2 aromatic carbocycles. The van der Waals surface area contributed by atoms with E-state index in [1.807, 2.05) is 12.1 Å². The molecule has 0 aliphatic rings. The Bertz CT molecular complexity index is 762. The van der Waals surface area contributed by atoms with Crippen molar-refractivity contribution in [2.45, 2.75) is 11.3 Å². The number of primary sulfonamides is 1. The largest absolute Gasteiger partial charge is 0.385 e. The Balaban J connectivity index is 1.93. The summed E-state index contributed by atoms with van der Waals surface area (Å²) < 4.78 is 22.3. The maximum absolute atomic E-state index is 11.1. The fraction of sp³-hybridized carbons (Fsp3) is 0.133. The van der Waals surface area contributed by atoms with Crippen molar-refractivity contribution in [1.29, 1.82) is 5.26 Å². The lowest BCUT2D eigenvalue weighted by molar-refractivity contribution is 0.598. The summed E-state index contributed by atoms with van der Waals surface area (Å²) in [7, 11) is -3.64. The maximum atomic E-state index is 11.1. The molecule has 0 bridgehead atoms. The number of hydrogen-bond donors (Lipinski definition) is 2. The Kier molecular flexibility index (Phi) is 4.58. The molecule has 0 spiro atoms. The third-order valence-electron chi connectivity index (χ3n) is 2.99. The lowest BCUT2D eigenvalue weighted by Gasteiger charge is -2.07. The molecule has 0 aromatic heterocycles. The standard InChI is InChI=1S/C15H15N3O2S/c16-11-13-2-1-3-14(10-13)18-9-8-12-4-6-15(7-5-12)21(17,19)20/h1-7,10,18H,8-9H2,(H2,17,19,20). The predicted octanol–water partition coefficient (Wildman–Crippen LogP) is 1.86. The third kappa shape index (κ3) is 4.31. The van der Waals surface area contributed by atoms with Crippen LogP contribution >= 0.6 is 0 Å². The van der Waals surface area contributed by atoms with Gasteiger partial charge < -0.3 is 5.32 Å². The summed E-state index contributed by atoms with van der Waals surface area (Å²) in [5, 5.41) is 17.1. The van der Waals surface area contributed by atoms with E-state index in [1.54, 1.807) is 24.3 Å². The van der Waals surface area contributed by atoms with Crippen LogP contribution in [0.3, 0.4) is 0 Å². The Morgan fingerprint density at radius 2 is 1.86 bits per heavy atom. The number of nitrogens with two attached hydrogens (primary N) is 1. The molecule has 0 aliphatic carbocycles. The van der Waals surface area contributed by atoms with Gasteiger partial charge in [-0.3, -0.25) is 0 Å². The zero-order valence-corrected chi connectivity index (χ0v) is 12.1. The van der Waals surface area contributed by atoms with Gasteiger partial charge in [-0.2, -0.15) is 5.26 Å². The Hall–Kier alpha value is -2.36.